The summed E-state index contributed by atoms with van der Waals surface area (Å²) in [5.41, 5.74) is -2.50. The lowest BCUT2D eigenvalue weighted by Gasteiger charge is -2.31. The first kappa shape index (κ1) is 41.4. The van der Waals surface area contributed by atoms with Crippen molar-refractivity contribution < 1.29 is 51.3 Å². The van der Waals surface area contributed by atoms with E-state index in [1.807, 2.05) is 6.07 Å². The van der Waals surface area contributed by atoms with Crippen LogP contribution in [0.25, 0.3) is 10.8 Å². The van der Waals surface area contributed by atoms with Crippen LogP contribution in [0.5, 0.6) is 11.6 Å². The average Bonchev–Trinajstić information content (AvgIpc) is 4.07. The average molecular weight is 810 g/mol. The van der Waals surface area contributed by atoms with E-state index in [0.717, 1.165) is 5.39 Å². The number of benzene rings is 1. The van der Waals surface area contributed by atoms with Gasteiger partial charge in [0.2, 0.25) is 27.7 Å². The number of aromatic nitrogens is 1. The second-order valence-corrected chi connectivity index (χ2v) is 17.9. The minimum absolute atomic E-state index is 0.0205. The number of rotatable bonds is 9. The van der Waals surface area contributed by atoms with Gasteiger partial charge in [0.15, 0.2) is 0 Å². The summed E-state index contributed by atoms with van der Waals surface area (Å²) in [6, 6.07) is 4.74. The Morgan fingerprint density at radius 1 is 1.05 bits per heavy atom. The molecule has 1 aromatic heterocycles. The van der Waals surface area contributed by atoms with E-state index in [0.29, 0.717) is 36.8 Å². The van der Waals surface area contributed by atoms with Gasteiger partial charge in [-0.2, -0.15) is 0 Å². The van der Waals surface area contributed by atoms with E-state index >= 15 is 0 Å². The lowest BCUT2D eigenvalue weighted by molar-refractivity contribution is -0.144. The molecule has 0 bridgehead atoms. The van der Waals surface area contributed by atoms with E-state index in [2.05, 4.69) is 20.3 Å². The Hall–Kier alpha value is -5.19. The second-order valence-electron chi connectivity index (χ2n) is 16.0. The SMILES string of the molecule is C/C=C/C(=O)OC1CC/C=C\[C@@H]2C[C@@]2(C(=O)NS(=O)(=O)C2CC2)NC(=O)[C@@H]2C[C@@H](Oc3nccc4cc(OC)ccc34)CN2C(=O)[C@@H](NC(=O)OC(C)(C)C)CC1. The van der Waals surface area contributed by atoms with E-state index in [1.165, 1.54) is 11.0 Å². The molecule has 2 aliphatic carbocycles. The fourth-order valence-electron chi connectivity index (χ4n) is 7.25. The van der Waals surface area contributed by atoms with Gasteiger partial charge < -0.3 is 34.5 Å². The van der Waals surface area contributed by atoms with Crippen LogP contribution in [0.1, 0.15) is 79.1 Å². The van der Waals surface area contributed by atoms with Gasteiger partial charge in [-0.15, -0.1) is 0 Å². The molecule has 3 heterocycles. The maximum Gasteiger partial charge on any atom is 0.408 e. The molecule has 2 aromatic rings. The number of carbonyl (C=O) groups excluding carboxylic acids is 5. The summed E-state index contributed by atoms with van der Waals surface area (Å²) in [4.78, 5) is 74.5. The summed E-state index contributed by atoms with van der Waals surface area (Å²) < 4.78 is 51.0. The van der Waals surface area contributed by atoms with Gasteiger partial charge in [-0.3, -0.25) is 19.1 Å². The summed E-state index contributed by atoms with van der Waals surface area (Å²) in [5.74, 6) is -2.41. The molecule has 3 fully saturated rings. The zero-order chi connectivity index (χ0) is 41.1. The molecule has 3 N–H and O–H groups in total. The quantitative estimate of drug-likeness (QED) is 0.189. The Balaban J connectivity index is 1.35. The summed E-state index contributed by atoms with van der Waals surface area (Å²) in [6.07, 6.45) is 7.57. The van der Waals surface area contributed by atoms with Crippen molar-refractivity contribution in [1.29, 1.82) is 0 Å². The molecule has 4 amide bonds. The van der Waals surface area contributed by atoms with Gasteiger partial charge in [-0.05, 0) is 102 Å². The molecule has 1 aromatic carbocycles. The van der Waals surface area contributed by atoms with Crippen LogP contribution >= 0.6 is 0 Å². The highest BCUT2D eigenvalue weighted by Gasteiger charge is 2.62. The number of pyridine rings is 1. The van der Waals surface area contributed by atoms with E-state index in [4.69, 9.17) is 18.9 Å². The standard InChI is InChI=1S/C40H51N5O11S/c1-6-9-33(46)54-26-11-8-7-10-25-22-40(25,37(49)44-57(51,52)29-14-15-29)43-34(47)32-21-28(55-35-30-16-12-27(53-5)20-24(30)18-19-41-35)23-45(32)36(48)31(17-13-26)42-38(50)56-39(2,3)4/h6-7,9-10,12,16,18-20,25-26,28-29,31-32H,8,11,13-15,17,21-23H2,1-5H3,(H,42,50)(H,43,47)(H,44,49)/b9-6+,10-7-/t25-,26?,28-,31+,32+,40-/m1/s1. The van der Waals surface area contributed by atoms with Crippen molar-refractivity contribution >= 4 is 50.6 Å². The van der Waals surface area contributed by atoms with Crippen LogP contribution in [0.2, 0.25) is 0 Å². The van der Waals surface area contributed by atoms with Crippen LogP contribution in [0.4, 0.5) is 4.79 Å². The van der Waals surface area contributed by atoms with Crippen LogP contribution in [-0.2, 0) is 38.7 Å². The number of nitrogens with one attached hydrogen (secondary N) is 3. The van der Waals surface area contributed by atoms with Crippen molar-refractivity contribution in [3.63, 3.8) is 0 Å². The Labute approximate surface area is 332 Å². The molecular formula is C40H51N5O11S. The Morgan fingerprint density at radius 3 is 2.53 bits per heavy atom. The number of alkyl carbamates (subject to hydrolysis) is 1. The van der Waals surface area contributed by atoms with E-state index in [-0.39, 0.29) is 38.1 Å². The number of hydrogen-bond donors (Lipinski definition) is 3. The third-order valence-corrected chi connectivity index (χ3v) is 12.2. The number of amides is 4. The van der Waals surface area contributed by atoms with Crippen molar-refractivity contribution in [3.8, 4) is 11.6 Å². The van der Waals surface area contributed by atoms with Crippen molar-refractivity contribution in [1.82, 2.24) is 25.2 Å². The molecule has 2 aliphatic heterocycles. The molecule has 0 spiro atoms. The topological polar surface area (TPSA) is 209 Å². The lowest BCUT2D eigenvalue weighted by atomic mass is 10.0. The highest BCUT2D eigenvalue weighted by molar-refractivity contribution is 7.91. The molecule has 16 nitrogen and oxygen atoms in total. The van der Waals surface area contributed by atoms with Crippen LogP contribution < -0.4 is 24.8 Å². The van der Waals surface area contributed by atoms with Crippen LogP contribution in [0.15, 0.2) is 54.8 Å². The van der Waals surface area contributed by atoms with Crippen LogP contribution in [0.3, 0.4) is 0 Å². The molecule has 6 atom stereocenters. The predicted octanol–water partition coefficient (Wildman–Crippen LogP) is 3.59. The summed E-state index contributed by atoms with van der Waals surface area (Å²) in [5, 5.41) is 6.30. The molecule has 4 aliphatic rings. The monoisotopic (exact) mass is 809 g/mol. The zero-order valence-corrected chi connectivity index (χ0v) is 33.6. The third-order valence-electron chi connectivity index (χ3n) is 10.4. The van der Waals surface area contributed by atoms with Crippen molar-refractivity contribution in [2.24, 2.45) is 5.92 Å². The highest BCUT2D eigenvalue weighted by Crippen LogP contribution is 2.46. The second kappa shape index (κ2) is 16.7. The number of esters is 1. The number of fused-ring (bicyclic) bond motifs is 3. The Morgan fingerprint density at radius 2 is 1.82 bits per heavy atom. The molecule has 0 radical (unpaired) electrons. The van der Waals surface area contributed by atoms with Gasteiger partial charge >= 0.3 is 12.1 Å². The fraction of sp³-hybridized carbons (Fsp3) is 0.550. The van der Waals surface area contributed by atoms with Gasteiger partial charge in [-0.1, -0.05) is 18.2 Å². The van der Waals surface area contributed by atoms with Gasteiger partial charge in [0.25, 0.3) is 5.91 Å². The normalized spacial score (nSPS) is 27.5. The number of hydrogen-bond acceptors (Lipinski definition) is 12. The molecule has 17 heteroatoms. The maximum atomic E-state index is 14.7. The number of sulfonamides is 1. The maximum absolute atomic E-state index is 14.7. The molecule has 308 valence electrons. The Kier molecular flexibility index (Phi) is 12.2. The largest absolute Gasteiger partial charge is 0.497 e. The number of ether oxygens (including phenoxy) is 4. The number of carbonyl (C=O) groups is 5. The van der Waals surface area contributed by atoms with Crippen molar-refractivity contribution in [2.75, 3.05) is 13.7 Å². The first-order chi connectivity index (χ1) is 27.0. The van der Waals surface area contributed by atoms with Gasteiger partial charge in [0, 0.05) is 30.0 Å². The van der Waals surface area contributed by atoms with Gasteiger partial charge in [0.1, 0.15) is 41.2 Å². The van der Waals surface area contributed by atoms with Crippen LogP contribution in [-0.4, -0.2) is 102 Å². The molecular weight excluding hydrogens is 759 g/mol. The van der Waals surface area contributed by atoms with Gasteiger partial charge in [0.05, 0.1) is 18.9 Å². The smallest absolute Gasteiger partial charge is 0.408 e. The summed E-state index contributed by atoms with van der Waals surface area (Å²) in [6.45, 7) is 6.63. The number of allylic oxidation sites excluding steroid dienone is 2. The van der Waals surface area contributed by atoms with E-state index < -0.39 is 86.4 Å². The van der Waals surface area contributed by atoms with E-state index in [1.54, 1.807) is 77.4 Å². The number of nitrogens with zero attached hydrogens (tertiary/aromatic N) is 2. The minimum atomic E-state index is -3.96. The molecule has 57 heavy (non-hydrogen) atoms. The first-order valence-electron chi connectivity index (χ1n) is 19.3. The van der Waals surface area contributed by atoms with Gasteiger partial charge in [-0.25, -0.2) is 23.0 Å². The lowest BCUT2D eigenvalue weighted by Crippen LogP contribution is -2.58. The third kappa shape index (κ3) is 10.0. The summed E-state index contributed by atoms with van der Waals surface area (Å²) in [7, 11) is -2.40. The summed E-state index contributed by atoms with van der Waals surface area (Å²) >= 11 is 0. The van der Waals surface area contributed by atoms with Crippen molar-refractivity contribution in [3.05, 3.63) is 54.8 Å². The van der Waals surface area contributed by atoms with Crippen LogP contribution in [0, 0.1) is 5.92 Å². The zero-order valence-electron chi connectivity index (χ0n) is 32.8. The Bertz CT molecular complexity index is 2060. The highest BCUT2D eigenvalue weighted by atomic mass is 32.2. The van der Waals surface area contributed by atoms with Crippen molar-refractivity contribution in [2.45, 2.75) is 120 Å². The molecule has 1 unspecified atom stereocenters. The molecule has 2 saturated carbocycles. The number of methoxy groups -OCH3 is 1. The molecule has 1 saturated heterocycles. The fourth-order valence-corrected chi connectivity index (χ4v) is 8.62. The molecule has 6 rings (SSSR count). The predicted molar refractivity (Wildman–Crippen MR) is 207 cm³/mol. The minimum Gasteiger partial charge on any atom is -0.497 e. The van der Waals surface area contributed by atoms with E-state index in [9.17, 15) is 32.4 Å². The first-order valence-corrected chi connectivity index (χ1v) is 20.8.